The Kier molecular flexibility index (Phi) is 6.38. The Balaban J connectivity index is 1.83. The molecule has 29 heavy (non-hydrogen) atoms. The lowest BCUT2D eigenvalue weighted by Gasteiger charge is -2.30. The van der Waals surface area contributed by atoms with Crippen LogP contribution in [0.3, 0.4) is 0 Å². The van der Waals surface area contributed by atoms with Crippen molar-refractivity contribution in [3.63, 3.8) is 0 Å². The molecular formula is C20H21F2N3O4. The molecule has 0 atom stereocenters. The van der Waals surface area contributed by atoms with Crippen molar-refractivity contribution in [2.75, 3.05) is 19.7 Å². The number of carbonyl (C=O) groups is 2. The zero-order valence-corrected chi connectivity index (χ0v) is 15.6. The second kappa shape index (κ2) is 8.95. The summed E-state index contributed by atoms with van der Waals surface area (Å²) in [4.78, 5) is 28.7. The number of rotatable bonds is 6. The monoisotopic (exact) mass is 405 g/mol. The van der Waals surface area contributed by atoms with Gasteiger partial charge in [0, 0.05) is 36.5 Å². The first kappa shape index (κ1) is 20.7. The first-order valence-corrected chi connectivity index (χ1v) is 9.20. The van der Waals surface area contributed by atoms with Gasteiger partial charge in [-0.25, -0.2) is 13.8 Å². The average molecular weight is 405 g/mol. The van der Waals surface area contributed by atoms with Crippen LogP contribution in [-0.2, 0) is 4.79 Å². The van der Waals surface area contributed by atoms with Crippen molar-refractivity contribution in [1.82, 2.24) is 9.88 Å². The Morgan fingerprint density at radius 3 is 2.62 bits per heavy atom. The number of amides is 1. The summed E-state index contributed by atoms with van der Waals surface area (Å²) in [7, 11) is 0. The van der Waals surface area contributed by atoms with E-state index in [1.54, 1.807) is 0 Å². The van der Waals surface area contributed by atoms with E-state index in [9.17, 15) is 18.4 Å². The van der Waals surface area contributed by atoms with Gasteiger partial charge in [0.1, 0.15) is 11.6 Å². The van der Waals surface area contributed by atoms with Crippen molar-refractivity contribution in [2.24, 2.45) is 5.73 Å². The Morgan fingerprint density at radius 2 is 1.97 bits per heavy atom. The van der Waals surface area contributed by atoms with Crippen LogP contribution in [0.4, 0.5) is 8.78 Å². The van der Waals surface area contributed by atoms with Crippen LogP contribution in [0, 0.1) is 11.6 Å². The highest BCUT2D eigenvalue weighted by molar-refractivity contribution is 5.93. The number of ether oxygens (including phenoxy) is 1. The van der Waals surface area contributed by atoms with Gasteiger partial charge in [-0.15, -0.1) is 0 Å². The molecule has 9 heteroatoms. The molecule has 3 rings (SSSR count). The van der Waals surface area contributed by atoms with E-state index in [2.05, 4.69) is 4.98 Å². The summed E-state index contributed by atoms with van der Waals surface area (Å²) < 4.78 is 33.8. The number of hydrogen-bond acceptors (Lipinski definition) is 5. The molecular weight excluding hydrogens is 384 g/mol. The number of benzene rings is 1. The van der Waals surface area contributed by atoms with Crippen LogP contribution >= 0.6 is 0 Å². The molecule has 1 aromatic heterocycles. The number of aromatic nitrogens is 1. The fraction of sp³-hybridized carbons (Fsp3) is 0.350. The molecule has 2 aromatic rings. The molecule has 1 aliphatic heterocycles. The highest BCUT2D eigenvalue weighted by Gasteiger charge is 2.25. The van der Waals surface area contributed by atoms with Crippen LogP contribution in [0.1, 0.15) is 29.8 Å². The summed E-state index contributed by atoms with van der Waals surface area (Å²) in [6, 6.07) is 4.75. The van der Waals surface area contributed by atoms with Gasteiger partial charge in [0.05, 0.1) is 13.0 Å². The van der Waals surface area contributed by atoms with Crippen molar-refractivity contribution in [1.29, 1.82) is 0 Å². The Morgan fingerprint density at radius 1 is 1.24 bits per heavy atom. The zero-order chi connectivity index (χ0) is 21.0. The first-order valence-electron chi connectivity index (χ1n) is 9.20. The smallest absolute Gasteiger partial charge is 0.306 e. The minimum atomic E-state index is -1.04. The van der Waals surface area contributed by atoms with Gasteiger partial charge in [-0.3, -0.25) is 9.59 Å². The van der Waals surface area contributed by atoms with E-state index >= 15 is 0 Å². The number of halogens is 2. The van der Waals surface area contributed by atoms with E-state index in [0.717, 1.165) is 18.2 Å². The minimum absolute atomic E-state index is 0.0340. The lowest BCUT2D eigenvalue weighted by atomic mass is 10.0. The molecule has 0 radical (unpaired) electrons. The van der Waals surface area contributed by atoms with E-state index < -0.39 is 23.5 Å². The van der Waals surface area contributed by atoms with E-state index in [1.165, 1.54) is 17.2 Å². The summed E-state index contributed by atoms with van der Waals surface area (Å²) in [6.07, 6.45) is 2.32. The van der Waals surface area contributed by atoms with Gasteiger partial charge in [-0.05, 0) is 37.1 Å². The number of aliphatic carboxylic acids is 1. The molecule has 7 nitrogen and oxygen atoms in total. The summed E-state index contributed by atoms with van der Waals surface area (Å²) in [6.45, 7) is 0.750. The Labute approximate surface area is 166 Å². The lowest BCUT2D eigenvalue weighted by molar-refractivity contribution is -0.137. The van der Waals surface area contributed by atoms with Gasteiger partial charge in [-0.2, -0.15) is 0 Å². The molecule has 0 unspecified atom stereocenters. The number of piperidine rings is 1. The van der Waals surface area contributed by atoms with Crippen LogP contribution < -0.4 is 10.5 Å². The summed E-state index contributed by atoms with van der Waals surface area (Å²) in [5, 5.41) is 8.72. The maximum absolute atomic E-state index is 14.7. The third kappa shape index (κ3) is 5.05. The third-order valence-corrected chi connectivity index (χ3v) is 4.70. The highest BCUT2D eigenvalue weighted by Crippen LogP contribution is 2.31. The molecule has 2 heterocycles. The Hall–Kier alpha value is -3.07. The maximum atomic E-state index is 14.7. The average Bonchev–Trinajstić information content (AvgIpc) is 2.69. The van der Waals surface area contributed by atoms with Crippen LogP contribution in [0.5, 0.6) is 5.75 Å². The van der Waals surface area contributed by atoms with Crippen molar-refractivity contribution >= 4 is 11.9 Å². The molecule has 0 saturated carbocycles. The van der Waals surface area contributed by atoms with Gasteiger partial charge in [-0.1, -0.05) is 0 Å². The quantitative estimate of drug-likeness (QED) is 0.765. The predicted octanol–water partition coefficient (Wildman–Crippen LogP) is 2.44. The summed E-state index contributed by atoms with van der Waals surface area (Å²) >= 11 is 0. The fourth-order valence-corrected chi connectivity index (χ4v) is 3.10. The van der Waals surface area contributed by atoms with Crippen LogP contribution in [0.25, 0.3) is 11.1 Å². The molecule has 0 aliphatic carbocycles. The van der Waals surface area contributed by atoms with Gasteiger partial charge in [0.15, 0.2) is 11.5 Å². The number of carbonyl (C=O) groups excluding carboxylic acids is 1. The SMILES string of the molecule is NC1CCN(C(=O)c2ncc(-c3cc(F)ccc3OCCC(=O)O)cc2F)CC1. The fourth-order valence-electron chi connectivity index (χ4n) is 3.10. The Bertz CT molecular complexity index is 915. The number of carboxylic acids is 1. The molecule has 1 aromatic carbocycles. The number of pyridine rings is 1. The third-order valence-electron chi connectivity index (χ3n) is 4.70. The molecule has 154 valence electrons. The predicted molar refractivity (Wildman–Crippen MR) is 100 cm³/mol. The maximum Gasteiger partial charge on any atom is 0.306 e. The van der Waals surface area contributed by atoms with E-state index in [4.69, 9.17) is 15.6 Å². The zero-order valence-electron chi connectivity index (χ0n) is 15.6. The second-order valence-electron chi connectivity index (χ2n) is 6.82. The topological polar surface area (TPSA) is 106 Å². The van der Waals surface area contributed by atoms with Crippen molar-refractivity contribution in [3.05, 3.63) is 47.8 Å². The minimum Gasteiger partial charge on any atom is -0.492 e. The van der Waals surface area contributed by atoms with Crippen LogP contribution in [0.2, 0.25) is 0 Å². The van der Waals surface area contributed by atoms with Crippen molar-refractivity contribution in [2.45, 2.75) is 25.3 Å². The number of nitrogens with zero attached hydrogens (tertiary/aromatic N) is 2. The normalized spacial score (nSPS) is 14.7. The first-order chi connectivity index (χ1) is 13.8. The van der Waals surface area contributed by atoms with Gasteiger partial charge in [0.25, 0.3) is 5.91 Å². The van der Waals surface area contributed by atoms with E-state index in [0.29, 0.717) is 25.9 Å². The molecule has 0 bridgehead atoms. The summed E-state index contributed by atoms with van der Waals surface area (Å²) in [5.74, 6) is -2.77. The van der Waals surface area contributed by atoms with E-state index in [1.807, 2.05) is 0 Å². The molecule has 1 fully saturated rings. The van der Waals surface area contributed by atoms with Crippen molar-refractivity contribution in [3.8, 4) is 16.9 Å². The summed E-state index contributed by atoms with van der Waals surface area (Å²) in [5.41, 5.74) is 5.94. The highest BCUT2D eigenvalue weighted by atomic mass is 19.1. The number of nitrogens with two attached hydrogens (primary N) is 1. The molecule has 1 amide bonds. The number of hydrogen-bond donors (Lipinski definition) is 2. The molecule has 3 N–H and O–H groups in total. The molecule has 1 saturated heterocycles. The molecule has 1 aliphatic rings. The number of likely N-dealkylation sites (tertiary alicyclic amines) is 1. The van der Waals surface area contributed by atoms with E-state index in [-0.39, 0.29) is 41.6 Å². The van der Waals surface area contributed by atoms with Crippen LogP contribution in [-0.4, -0.2) is 52.6 Å². The largest absolute Gasteiger partial charge is 0.492 e. The second-order valence-corrected chi connectivity index (χ2v) is 6.82. The van der Waals surface area contributed by atoms with Crippen molar-refractivity contribution < 1.29 is 28.2 Å². The van der Waals surface area contributed by atoms with Gasteiger partial charge in [0.2, 0.25) is 0 Å². The molecule has 0 spiro atoms. The van der Waals surface area contributed by atoms with Crippen LogP contribution in [0.15, 0.2) is 30.5 Å². The van der Waals surface area contributed by atoms with Gasteiger partial charge >= 0.3 is 5.97 Å². The number of carboxylic acid groups (broad SMARTS) is 1. The standard InChI is InChI=1S/C20H21F2N3O4/c21-13-1-2-17(29-8-5-18(26)27)15(10-13)12-9-16(22)19(24-11-12)20(28)25-6-3-14(23)4-7-25/h1-2,9-11,14H,3-8,23H2,(H,26,27). The lowest BCUT2D eigenvalue weighted by Crippen LogP contribution is -2.43. The van der Waals surface area contributed by atoms with Gasteiger partial charge < -0.3 is 20.5 Å².